The third-order valence-corrected chi connectivity index (χ3v) is 0.943. The lowest BCUT2D eigenvalue weighted by Gasteiger charge is -2.02. The lowest BCUT2D eigenvalue weighted by molar-refractivity contribution is -0.115. The highest BCUT2D eigenvalue weighted by Gasteiger charge is 2.06. The molecule has 0 aromatic heterocycles. The van der Waals surface area contributed by atoms with Crippen molar-refractivity contribution in [2.75, 3.05) is 0 Å². The molecule has 9 heavy (non-hydrogen) atoms. The van der Waals surface area contributed by atoms with Crippen LogP contribution in [-0.4, -0.2) is 11.7 Å². The van der Waals surface area contributed by atoms with Crippen LogP contribution in [0.5, 0.6) is 0 Å². The molecule has 0 aromatic rings. The fraction of sp³-hybridized carbons (Fsp3) is 0.333. The van der Waals surface area contributed by atoms with Crippen molar-refractivity contribution in [1.82, 2.24) is 5.32 Å². The Balaban J connectivity index is 2.86. The molecule has 0 spiro atoms. The second-order valence-electron chi connectivity index (χ2n) is 1.89. The van der Waals surface area contributed by atoms with Crippen LogP contribution in [0, 0.1) is 0 Å². The second kappa shape index (κ2) is 2.01. The molecule has 3 nitrogen and oxygen atoms in total. The van der Waals surface area contributed by atoms with Gasteiger partial charge in [-0.15, -0.1) is 0 Å². The van der Waals surface area contributed by atoms with Gasteiger partial charge >= 0.3 is 0 Å². The first-order chi connectivity index (χ1) is 4.18. The molecular formula is C6H7N2O. The highest BCUT2D eigenvalue weighted by Crippen LogP contribution is 1.99. The number of aliphatic imine (C=N–C) groups is 1. The Kier molecular flexibility index (Phi) is 1.34. The molecule has 1 aliphatic rings. The number of amidine groups is 1. The van der Waals surface area contributed by atoms with Gasteiger partial charge in [0.25, 0.3) is 5.91 Å². The molecule has 1 aliphatic heterocycles. The Morgan fingerprint density at radius 1 is 1.44 bits per heavy atom. The van der Waals surface area contributed by atoms with E-state index in [2.05, 4.69) is 10.3 Å². The summed E-state index contributed by atoms with van der Waals surface area (Å²) in [6.45, 7) is 3.48. The highest BCUT2D eigenvalue weighted by atomic mass is 16.1. The third-order valence-electron chi connectivity index (χ3n) is 0.943. The van der Waals surface area contributed by atoms with Gasteiger partial charge in [0, 0.05) is 11.8 Å². The molecule has 0 fully saturated rings. The molecule has 0 N–H and O–H groups in total. The van der Waals surface area contributed by atoms with Crippen molar-refractivity contribution >= 4 is 11.7 Å². The van der Waals surface area contributed by atoms with Crippen molar-refractivity contribution in [2.24, 2.45) is 4.99 Å². The van der Waals surface area contributed by atoms with E-state index in [0.29, 0.717) is 5.84 Å². The Labute approximate surface area is 53.5 Å². The van der Waals surface area contributed by atoms with Crippen LogP contribution in [0.15, 0.2) is 16.8 Å². The van der Waals surface area contributed by atoms with Crippen LogP contribution < -0.4 is 5.32 Å². The van der Waals surface area contributed by atoms with Crippen LogP contribution in [0.1, 0.15) is 13.8 Å². The lowest BCUT2D eigenvalue weighted by Crippen LogP contribution is -2.21. The van der Waals surface area contributed by atoms with E-state index >= 15 is 0 Å². The summed E-state index contributed by atoms with van der Waals surface area (Å²) in [4.78, 5) is 14.5. The third kappa shape index (κ3) is 1.38. The predicted octanol–water partition coefficient (Wildman–Crippen LogP) is 0.453. The minimum absolute atomic E-state index is 0.208. The highest BCUT2D eigenvalue weighted by molar-refractivity contribution is 6.04. The van der Waals surface area contributed by atoms with E-state index in [4.69, 9.17) is 0 Å². The van der Waals surface area contributed by atoms with Crippen molar-refractivity contribution in [1.29, 1.82) is 0 Å². The summed E-state index contributed by atoms with van der Waals surface area (Å²) in [6.07, 6.45) is 1.41. The average Bonchev–Trinajstić information content (AvgIpc) is 1.59. The fourth-order valence-electron chi connectivity index (χ4n) is 0.683. The fourth-order valence-corrected chi connectivity index (χ4v) is 0.683. The molecule has 0 aromatic carbocycles. The molecule has 1 rings (SSSR count). The van der Waals surface area contributed by atoms with E-state index in [1.54, 1.807) is 13.8 Å². The molecule has 3 heteroatoms. The second-order valence-corrected chi connectivity index (χ2v) is 1.89. The van der Waals surface area contributed by atoms with Gasteiger partial charge in [-0.1, -0.05) is 0 Å². The minimum Gasteiger partial charge on any atom is -0.267 e. The number of allylic oxidation sites excluding steroid dienone is 1. The number of carbonyl (C=O) groups excluding carboxylic acids is 1. The largest absolute Gasteiger partial charge is 0.273 e. The number of rotatable bonds is 0. The molecule has 1 amide bonds. The smallest absolute Gasteiger partial charge is 0.267 e. The number of carbonyl (C=O) groups is 1. The molecule has 0 atom stereocenters. The molecule has 0 unspecified atom stereocenters. The summed E-state index contributed by atoms with van der Waals surface area (Å²) < 4.78 is 0. The van der Waals surface area contributed by atoms with Gasteiger partial charge in [0.1, 0.15) is 5.84 Å². The summed E-state index contributed by atoms with van der Waals surface area (Å²) >= 11 is 0. The quantitative estimate of drug-likeness (QED) is 0.461. The maximum Gasteiger partial charge on any atom is 0.273 e. The minimum atomic E-state index is -0.208. The van der Waals surface area contributed by atoms with Crippen LogP contribution in [-0.2, 0) is 4.79 Å². The van der Waals surface area contributed by atoms with Crippen molar-refractivity contribution in [3.05, 3.63) is 11.8 Å². The van der Waals surface area contributed by atoms with E-state index in [1.165, 1.54) is 6.08 Å². The number of hydrogen-bond acceptors (Lipinski definition) is 2. The van der Waals surface area contributed by atoms with E-state index in [1.807, 2.05) is 0 Å². The first kappa shape index (κ1) is 6.01. The molecule has 0 saturated heterocycles. The maximum absolute atomic E-state index is 10.6. The SMILES string of the molecule is CC1=CC(=O)[N]C(C)=N1. The summed E-state index contributed by atoms with van der Waals surface area (Å²) in [6, 6.07) is 0. The van der Waals surface area contributed by atoms with Crippen LogP contribution in [0.2, 0.25) is 0 Å². The molecule has 0 saturated carbocycles. The van der Waals surface area contributed by atoms with Crippen molar-refractivity contribution in [3.8, 4) is 0 Å². The molecular weight excluding hydrogens is 116 g/mol. The van der Waals surface area contributed by atoms with Crippen molar-refractivity contribution in [3.63, 3.8) is 0 Å². The van der Waals surface area contributed by atoms with Gasteiger partial charge in [-0.3, -0.25) is 4.79 Å². The van der Waals surface area contributed by atoms with E-state index in [9.17, 15) is 4.79 Å². The Morgan fingerprint density at radius 3 is 2.56 bits per heavy atom. The van der Waals surface area contributed by atoms with Gasteiger partial charge in [-0.25, -0.2) is 4.99 Å². The zero-order valence-corrected chi connectivity index (χ0v) is 5.38. The zero-order chi connectivity index (χ0) is 6.85. The van der Waals surface area contributed by atoms with Gasteiger partial charge in [0.15, 0.2) is 0 Å². The normalized spacial score (nSPS) is 18.2. The van der Waals surface area contributed by atoms with Gasteiger partial charge in [0.2, 0.25) is 0 Å². The van der Waals surface area contributed by atoms with E-state index in [0.717, 1.165) is 5.70 Å². The van der Waals surface area contributed by atoms with Crippen LogP contribution in [0.25, 0.3) is 0 Å². The summed E-state index contributed by atoms with van der Waals surface area (Å²) in [5.74, 6) is 0.333. The average molecular weight is 123 g/mol. The number of hydrogen-bond donors (Lipinski definition) is 0. The van der Waals surface area contributed by atoms with Crippen molar-refractivity contribution < 1.29 is 4.79 Å². The Bertz CT molecular complexity index is 203. The molecule has 0 aliphatic carbocycles. The monoisotopic (exact) mass is 123 g/mol. The summed E-state index contributed by atoms with van der Waals surface area (Å²) in [7, 11) is 0. The van der Waals surface area contributed by atoms with Gasteiger partial charge < -0.3 is 0 Å². The van der Waals surface area contributed by atoms with Crippen LogP contribution in [0.4, 0.5) is 0 Å². The van der Waals surface area contributed by atoms with Gasteiger partial charge in [-0.2, -0.15) is 5.32 Å². The molecule has 1 heterocycles. The standard InChI is InChI=1S/C6H7N2O/c1-4-3-6(9)8-5(2)7-4/h3H,1-2H3. The summed E-state index contributed by atoms with van der Waals surface area (Å²) in [5.41, 5.74) is 0.729. The molecule has 0 bridgehead atoms. The van der Waals surface area contributed by atoms with Gasteiger partial charge in [0.05, 0.1) is 0 Å². The summed E-state index contributed by atoms with van der Waals surface area (Å²) in [5, 5.41) is 3.57. The van der Waals surface area contributed by atoms with E-state index in [-0.39, 0.29) is 5.91 Å². The van der Waals surface area contributed by atoms with Crippen LogP contribution in [0.3, 0.4) is 0 Å². The molecule has 1 radical (unpaired) electrons. The van der Waals surface area contributed by atoms with E-state index < -0.39 is 0 Å². The maximum atomic E-state index is 10.6. The molecule has 47 valence electrons. The zero-order valence-electron chi connectivity index (χ0n) is 5.38. The first-order valence-electron chi connectivity index (χ1n) is 2.68. The lowest BCUT2D eigenvalue weighted by atomic mass is 10.3. The Hall–Kier alpha value is -1.12. The topological polar surface area (TPSA) is 43.5 Å². The van der Waals surface area contributed by atoms with Crippen LogP contribution >= 0.6 is 0 Å². The van der Waals surface area contributed by atoms with Crippen molar-refractivity contribution in [2.45, 2.75) is 13.8 Å². The predicted molar refractivity (Wildman–Crippen MR) is 34.0 cm³/mol. The number of nitrogens with zero attached hydrogens (tertiary/aromatic N) is 2. The Morgan fingerprint density at radius 2 is 2.11 bits per heavy atom. The number of amides is 1. The first-order valence-corrected chi connectivity index (χ1v) is 2.68. The van der Waals surface area contributed by atoms with Gasteiger partial charge in [-0.05, 0) is 13.8 Å².